The summed E-state index contributed by atoms with van der Waals surface area (Å²) in [5.74, 6) is -0.402. The van der Waals surface area contributed by atoms with Gasteiger partial charge in [-0.1, -0.05) is 12.1 Å². The molecule has 0 fully saturated rings. The predicted molar refractivity (Wildman–Crippen MR) is 77.0 cm³/mol. The van der Waals surface area contributed by atoms with Crippen LogP contribution in [0.15, 0.2) is 34.0 Å². The molecule has 1 aromatic heterocycles. The Morgan fingerprint density at radius 1 is 1.29 bits per heavy atom. The molecule has 7 heteroatoms. The highest BCUT2D eigenvalue weighted by atomic mass is 16.2. The zero-order chi connectivity index (χ0) is 15.0. The quantitative estimate of drug-likeness (QED) is 0.632. The third-order valence-corrected chi connectivity index (χ3v) is 3.64. The summed E-state index contributed by atoms with van der Waals surface area (Å²) in [7, 11) is 0. The van der Waals surface area contributed by atoms with Crippen molar-refractivity contribution in [1.29, 1.82) is 0 Å². The maximum atomic E-state index is 12.4. The highest BCUT2D eigenvalue weighted by molar-refractivity contribution is 5.93. The Kier molecular flexibility index (Phi) is 3.09. The lowest BCUT2D eigenvalue weighted by Gasteiger charge is -2.29. The molecule has 3 rings (SSSR count). The van der Waals surface area contributed by atoms with Gasteiger partial charge in [-0.2, -0.15) is 0 Å². The second kappa shape index (κ2) is 4.93. The Morgan fingerprint density at radius 3 is 2.86 bits per heavy atom. The molecule has 0 atom stereocenters. The summed E-state index contributed by atoms with van der Waals surface area (Å²) in [5, 5.41) is 0. The van der Waals surface area contributed by atoms with Crippen LogP contribution in [0.25, 0.3) is 0 Å². The number of nitrogen functional groups attached to an aromatic ring is 1. The molecule has 21 heavy (non-hydrogen) atoms. The third kappa shape index (κ3) is 2.33. The molecule has 1 aliphatic rings. The van der Waals surface area contributed by atoms with Crippen molar-refractivity contribution in [2.24, 2.45) is 0 Å². The van der Waals surface area contributed by atoms with Crippen LogP contribution in [0.4, 0.5) is 5.69 Å². The van der Waals surface area contributed by atoms with Crippen molar-refractivity contribution in [3.8, 4) is 0 Å². The van der Waals surface area contributed by atoms with E-state index in [4.69, 9.17) is 5.73 Å². The first-order valence-corrected chi connectivity index (χ1v) is 6.54. The molecule has 1 amide bonds. The fourth-order valence-corrected chi connectivity index (χ4v) is 2.55. The average molecular weight is 286 g/mol. The maximum Gasteiger partial charge on any atom is 0.325 e. The van der Waals surface area contributed by atoms with E-state index in [9.17, 15) is 14.4 Å². The monoisotopic (exact) mass is 286 g/mol. The molecule has 0 saturated heterocycles. The van der Waals surface area contributed by atoms with Gasteiger partial charge in [0.05, 0.1) is 0 Å². The number of fused-ring (bicyclic) bond motifs is 1. The SMILES string of the molecule is Nc1cccc2c1CCN(C(=O)c1c[nH]c(=O)[nH]c1=O)C2. The number of aromatic nitrogens is 2. The lowest BCUT2D eigenvalue weighted by Crippen LogP contribution is -2.40. The maximum absolute atomic E-state index is 12.4. The van der Waals surface area contributed by atoms with Gasteiger partial charge in [-0.25, -0.2) is 4.79 Å². The smallest absolute Gasteiger partial charge is 0.325 e. The van der Waals surface area contributed by atoms with Gasteiger partial charge in [0.2, 0.25) is 0 Å². The van der Waals surface area contributed by atoms with Gasteiger partial charge in [-0.15, -0.1) is 0 Å². The number of anilines is 1. The van der Waals surface area contributed by atoms with Crippen molar-refractivity contribution in [3.05, 3.63) is 61.9 Å². The number of H-pyrrole nitrogens is 2. The van der Waals surface area contributed by atoms with Crippen molar-refractivity contribution in [3.63, 3.8) is 0 Å². The van der Waals surface area contributed by atoms with Gasteiger partial charge < -0.3 is 15.6 Å². The summed E-state index contributed by atoms with van der Waals surface area (Å²) < 4.78 is 0. The lowest BCUT2D eigenvalue weighted by molar-refractivity contribution is 0.0732. The van der Waals surface area contributed by atoms with E-state index in [1.807, 2.05) is 18.2 Å². The number of hydrogen-bond donors (Lipinski definition) is 3. The molecule has 4 N–H and O–H groups in total. The number of rotatable bonds is 1. The van der Waals surface area contributed by atoms with Gasteiger partial charge in [-0.05, 0) is 23.6 Å². The topological polar surface area (TPSA) is 112 Å². The van der Waals surface area contributed by atoms with Crippen LogP contribution < -0.4 is 17.0 Å². The van der Waals surface area contributed by atoms with E-state index in [-0.39, 0.29) is 5.56 Å². The van der Waals surface area contributed by atoms with Crippen LogP contribution in [-0.4, -0.2) is 27.3 Å². The number of amides is 1. The summed E-state index contributed by atoms with van der Waals surface area (Å²) in [6.07, 6.45) is 1.80. The summed E-state index contributed by atoms with van der Waals surface area (Å²) in [6, 6.07) is 5.60. The van der Waals surface area contributed by atoms with Gasteiger partial charge in [0, 0.05) is 25.0 Å². The fraction of sp³-hybridized carbons (Fsp3) is 0.214. The number of aromatic amines is 2. The molecule has 0 bridgehead atoms. The van der Waals surface area contributed by atoms with Gasteiger partial charge in [-0.3, -0.25) is 14.6 Å². The second-order valence-corrected chi connectivity index (χ2v) is 4.95. The molecular formula is C14H14N4O3. The number of hydrogen-bond acceptors (Lipinski definition) is 4. The summed E-state index contributed by atoms with van der Waals surface area (Å²) >= 11 is 0. The standard InChI is InChI=1S/C14H14N4O3/c15-11-3-1-2-8-7-18(5-4-9(8)11)13(20)10-6-16-14(21)17-12(10)19/h1-3,6H,4-5,7,15H2,(H2,16,17,19,21). The van der Waals surface area contributed by atoms with Gasteiger partial charge in [0.15, 0.2) is 0 Å². The molecule has 0 radical (unpaired) electrons. The van der Waals surface area contributed by atoms with E-state index >= 15 is 0 Å². The van der Waals surface area contributed by atoms with Crippen LogP contribution in [0, 0.1) is 0 Å². The van der Waals surface area contributed by atoms with E-state index in [0.29, 0.717) is 19.5 Å². The summed E-state index contributed by atoms with van der Waals surface area (Å²) in [6.45, 7) is 0.885. The Morgan fingerprint density at radius 2 is 2.10 bits per heavy atom. The van der Waals surface area contributed by atoms with E-state index in [1.54, 1.807) is 4.90 Å². The van der Waals surface area contributed by atoms with Crippen molar-refractivity contribution in [2.75, 3.05) is 12.3 Å². The van der Waals surface area contributed by atoms with E-state index in [0.717, 1.165) is 23.0 Å². The van der Waals surface area contributed by atoms with E-state index < -0.39 is 17.2 Å². The zero-order valence-electron chi connectivity index (χ0n) is 11.2. The predicted octanol–water partition coefficient (Wildman–Crippen LogP) is -0.156. The number of carbonyl (C=O) groups is 1. The molecule has 0 aliphatic carbocycles. The van der Waals surface area contributed by atoms with Crippen LogP contribution in [0.2, 0.25) is 0 Å². The van der Waals surface area contributed by atoms with Crippen molar-refractivity contribution >= 4 is 11.6 Å². The van der Waals surface area contributed by atoms with E-state index in [2.05, 4.69) is 9.97 Å². The highest BCUT2D eigenvalue weighted by Gasteiger charge is 2.24. The van der Waals surface area contributed by atoms with Crippen LogP contribution >= 0.6 is 0 Å². The molecule has 0 spiro atoms. The minimum absolute atomic E-state index is 0.0676. The van der Waals surface area contributed by atoms with Crippen LogP contribution in [-0.2, 0) is 13.0 Å². The minimum Gasteiger partial charge on any atom is -0.398 e. The Bertz CT molecular complexity index is 821. The Labute approximate surface area is 119 Å². The molecule has 2 heterocycles. The van der Waals surface area contributed by atoms with Crippen molar-refractivity contribution < 1.29 is 4.79 Å². The van der Waals surface area contributed by atoms with Crippen molar-refractivity contribution in [2.45, 2.75) is 13.0 Å². The number of benzene rings is 1. The first kappa shape index (κ1) is 13.2. The average Bonchev–Trinajstić information content (AvgIpc) is 2.46. The lowest BCUT2D eigenvalue weighted by atomic mass is 9.97. The molecule has 108 valence electrons. The molecule has 0 saturated carbocycles. The van der Waals surface area contributed by atoms with Crippen molar-refractivity contribution in [1.82, 2.24) is 14.9 Å². The first-order valence-electron chi connectivity index (χ1n) is 6.54. The van der Waals surface area contributed by atoms with Crippen LogP contribution in [0.5, 0.6) is 0 Å². The Hall–Kier alpha value is -2.83. The molecule has 1 aliphatic heterocycles. The fourth-order valence-electron chi connectivity index (χ4n) is 2.55. The molecule has 1 aromatic carbocycles. The largest absolute Gasteiger partial charge is 0.398 e. The second-order valence-electron chi connectivity index (χ2n) is 4.95. The Balaban J connectivity index is 1.91. The zero-order valence-corrected chi connectivity index (χ0v) is 11.2. The van der Waals surface area contributed by atoms with E-state index in [1.165, 1.54) is 0 Å². The number of carbonyl (C=O) groups excluding carboxylic acids is 1. The van der Waals surface area contributed by atoms with Gasteiger partial charge >= 0.3 is 5.69 Å². The minimum atomic E-state index is -0.679. The summed E-state index contributed by atoms with van der Waals surface area (Å²) in [5.41, 5.74) is 7.30. The van der Waals surface area contributed by atoms with Crippen LogP contribution in [0.3, 0.4) is 0 Å². The van der Waals surface area contributed by atoms with Gasteiger partial charge in [0.25, 0.3) is 11.5 Å². The molecular weight excluding hydrogens is 272 g/mol. The normalized spacial score (nSPS) is 13.8. The molecule has 7 nitrogen and oxygen atoms in total. The molecule has 0 unspecified atom stereocenters. The number of nitrogens with two attached hydrogens (primary N) is 1. The van der Waals surface area contributed by atoms with Crippen LogP contribution in [0.1, 0.15) is 21.5 Å². The van der Waals surface area contributed by atoms with Gasteiger partial charge in [0.1, 0.15) is 5.56 Å². The first-order chi connectivity index (χ1) is 10.1. The molecule has 2 aromatic rings. The third-order valence-electron chi connectivity index (χ3n) is 3.64. The highest BCUT2D eigenvalue weighted by Crippen LogP contribution is 2.24. The number of nitrogens with zero attached hydrogens (tertiary/aromatic N) is 1. The summed E-state index contributed by atoms with van der Waals surface area (Å²) in [4.78, 5) is 41.0. The number of nitrogens with one attached hydrogen (secondary N) is 2.